The average molecular weight is 513 g/mol. The van der Waals surface area contributed by atoms with Crippen molar-refractivity contribution in [3.05, 3.63) is 101 Å². The molecule has 1 aliphatic heterocycles. The number of fused-ring (bicyclic) bond motifs is 1. The molecule has 0 atom stereocenters. The topological polar surface area (TPSA) is 55.4 Å². The first-order chi connectivity index (χ1) is 18.6. The second kappa shape index (κ2) is 11.8. The van der Waals surface area contributed by atoms with Gasteiger partial charge in [-0.1, -0.05) is 30.3 Å². The van der Waals surface area contributed by atoms with Gasteiger partial charge in [0.25, 0.3) is 0 Å². The Hall–Kier alpha value is -4.32. The molecule has 0 fully saturated rings. The first kappa shape index (κ1) is 25.3. The van der Waals surface area contributed by atoms with Crippen LogP contribution in [0, 0.1) is 0 Å². The van der Waals surface area contributed by atoms with Crippen LogP contribution in [0.2, 0.25) is 0 Å². The van der Waals surface area contributed by atoms with E-state index in [4.69, 9.17) is 28.4 Å². The van der Waals surface area contributed by atoms with Crippen LogP contribution in [0.5, 0.6) is 40.2 Å². The molecule has 6 heteroatoms. The van der Waals surface area contributed by atoms with Crippen molar-refractivity contribution >= 4 is 0 Å². The van der Waals surface area contributed by atoms with Crippen LogP contribution in [-0.4, -0.2) is 28.1 Å². The minimum Gasteiger partial charge on any atom is -0.497 e. The Kier molecular flexibility index (Phi) is 7.88. The molecule has 38 heavy (non-hydrogen) atoms. The van der Waals surface area contributed by atoms with Gasteiger partial charge in [-0.2, -0.15) is 0 Å². The molecule has 0 aromatic heterocycles. The summed E-state index contributed by atoms with van der Waals surface area (Å²) < 4.78 is 33.8. The minimum atomic E-state index is 0.222. The minimum absolute atomic E-state index is 0.222. The van der Waals surface area contributed by atoms with E-state index in [-0.39, 0.29) is 6.79 Å². The largest absolute Gasteiger partial charge is 0.497 e. The van der Waals surface area contributed by atoms with Crippen molar-refractivity contribution < 1.29 is 28.4 Å². The van der Waals surface area contributed by atoms with E-state index in [2.05, 4.69) is 36.4 Å². The molecule has 0 aliphatic carbocycles. The summed E-state index contributed by atoms with van der Waals surface area (Å²) in [6, 6.07) is 26.5. The second-order valence-corrected chi connectivity index (χ2v) is 9.12. The number of hydrogen-bond acceptors (Lipinski definition) is 6. The predicted octanol–water partition coefficient (Wildman–Crippen LogP) is 6.80. The van der Waals surface area contributed by atoms with Gasteiger partial charge in [-0.3, -0.25) is 0 Å². The summed E-state index contributed by atoms with van der Waals surface area (Å²) in [7, 11) is 4.99. The van der Waals surface area contributed by atoms with Crippen LogP contribution < -0.4 is 28.4 Å². The van der Waals surface area contributed by atoms with Crippen LogP contribution in [0.25, 0.3) is 0 Å². The molecule has 0 bridgehead atoms. The molecule has 5 rings (SSSR count). The van der Waals surface area contributed by atoms with E-state index in [0.717, 1.165) is 48.5 Å². The van der Waals surface area contributed by atoms with Gasteiger partial charge < -0.3 is 28.4 Å². The van der Waals surface area contributed by atoms with Gasteiger partial charge in [0.2, 0.25) is 12.5 Å². The van der Waals surface area contributed by atoms with Crippen molar-refractivity contribution in [1.29, 1.82) is 0 Å². The highest BCUT2D eigenvalue weighted by Crippen LogP contribution is 2.42. The van der Waals surface area contributed by atoms with Gasteiger partial charge in [0.05, 0.1) is 21.3 Å². The molecule has 196 valence electrons. The fraction of sp³-hybridized carbons (Fsp3) is 0.250. The third-order valence-electron chi connectivity index (χ3n) is 6.61. The average Bonchev–Trinajstić information content (AvgIpc) is 3.44. The number of rotatable bonds is 11. The highest BCUT2D eigenvalue weighted by atomic mass is 16.7. The van der Waals surface area contributed by atoms with Gasteiger partial charge in [0, 0.05) is 0 Å². The van der Waals surface area contributed by atoms with Crippen LogP contribution >= 0.6 is 0 Å². The van der Waals surface area contributed by atoms with Crippen molar-refractivity contribution in [3.63, 3.8) is 0 Å². The molecule has 6 nitrogen and oxygen atoms in total. The zero-order chi connectivity index (χ0) is 26.3. The maximum atomic E-state index is 6.32. The predicted molar refractivity (Wildman–Crippen MR) is 146 cm³/mol. The van der Waals surface area contributed by atoms with Crippen molar-refractivity contribution in [2.24, 2.45) is 0 Å². The zero-order valence-corrected chi connectivity index (χ0v) is 22.0. The lowest BCUT2D eigenvalue weighted by Crippen LogP contribution is -1.97. The molecular weight excluding hydrogens is 480 g/mol. The molecule has 0 amide bonds. The van der Waals surface area contributed by atoms with E-state index < -0.39 is 0 Å². The van der Waals surface area contributed by atoms with Gasteiger partial charge in [-0.15, -0.1) is 0 Å². The standard InChI is InChI=1S/C32H32O6/c1-33-26-8-4-6-22(16-26)10-11-24-14-15-28(34-2)29(18-24)38-27-9-5-7-23(17-27)12-13-25-19-30(35-3)32-31(20-25)36-21-37-32/h4-9,14-20H,10-13,21H2,1-3H3. The number of hydrogen-bond donors (Lipinski definition) is 0. The van der Waals surface area contributed by atoms with Crippen LogP contribution in [0.1, 0.15) is 22.3 Å². The molecule has 0 radical (unpaired) electrons. The molecular formula is C32H32O6. The summed E-state index contributed by atoms with van der Waals surface area (Å²) >= 11 is 0. The molecule has 0 saturated carbocycles. The van der Waals surface area contributed by atoms with Crippen LogP contribution in [0.15, 0.2) is 78.9 Å². The van der Waals surface area contributed by atoms with Gasteiger partial charge >= 0.3 is 0 Å². The monoisotopic (exact) mass is 512 g/mol. The van der Waals surface area contributed by atoms with Crippen molar-refractivity contribution in [3.8, 4) is 40.2 Å². The number of benzene rings is 4. The van der Waals surface area contributed by atoms with Crippen molar-refractivity contribution in [1.82, 2.24) is 0 Å². The Balaban J connectivity index is 1.26. The lowest BCUT2D eigenvalue weighted by molar-refractivity contribution is 0.171. The third kappa shape index (κ3) is 5.97. The zero-order valence-electron chi connectivity index (χ0n) is 22.0. The summed E-state index contributed by atoms with van der Waals surface area (Å²) in [5.41, 5.74) is 4.71. The van der Waals surface area contributed by atoms with Crippen molar-refractivity contribution in [2.75, 3.05) is 28.1 Å². The number of ether oxygens (including phenoxy) is 6. The highest BCUT2D eigenvalue weighted by Gasteiger charge is 2.20. The van der Waals surface area contributed by atoms with E-state index in [9.17, 15) is 0 Å². The van der Waals surface area contributed by atoms with Gasteiger partial charge in [-0.25, -0.2) is 0 Å². The normalized spacial score (nSPS) is 11.8. The van der Waals surface area contributed by atoms with E-state index in [1.807, 2.05) is 42.5 Å². The molecule has 0 spiro atoms. The molecule has 1 heterocycles. The quantitative estimate of drug-likeness (QED) is 0.220. The third-order valence-corrected chi connectivity index (χ3v) is 6.61. The Morgan fingerprint density at radius 2 is 1.18 bits per heavy atom. The maximum Gasteiger partial charge on any atom is 0.231 e. The Morgan fingerprint density at radius 3 is 1.89 bits per heavy atom. The van der Waals surface area contributed by atoms with E-state index in [1.54, 1.807) is 21.3 Å². The smallest absolute Gasteiger partial charge is 0.231 e. The summed E-state index contributed by atoms with van der Waals surface area (Å²) in [6.07, 6.45) is 3.47. The number of methoxy groups -OCH3 is 3. The Labute approximate surface area is 223 Å². The lowest BCUT2D eigenvalue weighted by Gasteiger charge is -2.13. The van der Waals surface area contributed by atoms with Gasteiger partial charge in [0.1, 0.15) is 11.5 Å². The maximum absolute atomic E-state index is 6.32. The van der Waals surface area contributed by atoms with Gasteiger partial charge in [0.15, 0.2) is 23.0 Å². The van der Waals surface area contributed by atoms with Crippen molar-refractivity contribution in [2.45, 2.75) is 25.7 Å². The molecule has 1 aliphatic rings. The fourth-order valence-corrected chi connectivity index (χ4v) is 4.58. The first-order valence-corrected chi connectivity index (χ1v) is 12.7. The van der Waals surface area contributed by atoms with E-state index in [1.165, 1.54) is 16.7 Å². The SMILES string of the molecule is COc1cccc(CCc2ccc(OC)c(Oc3cccc(CCc4cc(OC)c5c(c4)OCO5)c3)c2)c1. The van der Waals surface area contributed by atoms with Crippen LogP contribution in [0.4, 0.5) is 0 Å². The fourth-order valence-electron chi connectivity index (χ4n) is 4.58. The number of aryl methyl sites for hydroxylation is 4. The van der Waals surface area contributed by atoms with Crippen LogP contribution in [-0.2, 0) is 25.7 Å². The second-order valence-electron chi connectivity index (χ2n) is 9.12. The molecule has 0 saturated heterocycles. The Bertz CT molecular complexity index is 1400. The molecule has 0 N–H and O–H groups in total. The summed E-state index contributed by atoms with van der Waals surface area (Å²) in [4.78, 5) is 0. The summed E-state index contributed by atoms with van der Waals surface area (Å²) in [5, 5.41) is 0. The summed E-state index contributed by atoms with van der Waals surface area (Å²) in [5.74, 6) is 5.15. The summed E-state index contributed by atoms with van der Waals surface area (Å²) in [6.45, 7) is 0.222. The first-order valence-electron chi connectivity index (χ1n) is 12.7. The van der Waals surface area contributed by atoms with Gasteiger partial charge in [-0.05, 0) is 96.5 Å². The molecule has 0 unspecified atom stereocenters. The lowest BCUT2D eigenvalue weighted by atomic mass is 10.0. The highest BCUT2D eigenvalue weighted by molar-refractivity contribution is 5.55. The van der Waals surface area contributed by atoms with E-state index in [0.29, 0.717) is 23.0 Å². The molecule has 4 aromatic rings. The molecule has 4 aromatic carbocycles. The Morgan fingerprint density at radius 1 is 0.553 bits per heavy atom. The van der Waals surface area contributed by atoms with Crippen LogP contribution in [0.3, 0.4) is 0 Å². The van der Waals surface area contributed by atoms with E-state index >= 15 is 0 Å².